The van der Waals surface area contributed by atoms with E-state index in [2.05, 4.69) is 50.7 Å². The number of thiophene rings is 1. The third kappa shape index (κ3) is 4.67. The monoisotopic (exact) mass is 557 g/mol. The first-order valence-corrected chi connectivity index (χ1v) is 14.2. The first-order valence-electron chi connectivity index (χ1n) is 13.3. The van der Waals surface area contributed by atoms with Gasteiger partial charge in [0, 0.05) is 36.8 Å². The molecule has 0 spiro atoms. The van der Waals surface area contributed by atoms with Gasteiger partial charge in [-0.1, -0.05) is 17.3 Å². The molecule has 10 heteroatoms. The maximum Gasteiger partial charge on any atom is 0.304 e. The van der Waals surface area contributed by atoms with Gasteiger partial charge in [0.25, 0.3) is 0 Å². The molecule has 9 nitrogen and oxygen atoms in total. The number of carbonyl (C=O) groups is 1. The van der Waals surface area contributed by atoms with Gasteiger partial charge in [0.15, 0.2) is 0 Å². The van der Waals surface area contributed by atoms with Crippen LogP contribution in [-0.4, -0.2) is 53.7 Å². The van der Waals surface area contributed by atoms with Gasteiger partial charge in [0.2, 0.25) is 5.88 Å². The molecule has 3 atom stereocenters. The van der Waals surface area contributed by atoms with Crippen LogP contribution in [0.4, 0.5) is 0 Å². The quantitative estimate of drug-likeness (QED) is 0.280. The molecule has 3 aromatic heterocycles. The zero-order valence-electron chi connectivity index (χ0n) is 22.8. The van der Waals surface area contributed by atoms with E-state index in [4.69, 9.17) is 4.74 Å². The van der Waals surface area contributed by atoms with Gasteiger partial charge in [-0.25, -0.2) is 9.67 Å². The first-order chi connectivity index (χ1) is 19.2. The standard InChI is InChI=1S/C30H31N5O4S/c1-16-14-35(18(3)29-25(39-16)7-8-26(36)31-29)15-21-12-20(11-19-9-10-40-30(19)21)23(13-27(37)38)22-5-6-24-28(17(22)2)32-33-34(24)4/h5-12,16,18,23H,13-15H2,1-4H3,(H,31,36)(H,37,38)/t16-,18+,23+/m1/s1. The van der Waals surface area contributed by atoms with Crippen molar-refractivity contribution in [3.05, 3.63) is 75.8 Å². The maximum atomic E-state index is 12.1. The Kier molecular flexibility index (Phi) is 6.67. The molecule has 0 amide bonds. The zero-order valence-corrected chi connectivity index (χ0v) is 23.6. The average Bonchev–Trinajstić information content (AvgIpc) is 3.52. The number of benzene rings is 2. The third-order valence-electron chi connectivity index (χ3n) is 7.89. The Labute approximate surface area is 235 Å². The van der Waals surface area contributed by atoms with E-state index in [1.807, 2.05) is 33.0 Å². The van der Waals surface area contributed by atoms with E-state index in [0.29, 0.717) is 24.5 Å². The van der Waals surface area contributed by atoms with Crippen molar-refractivity contribution in [2.45, 2.75) is 51.8 Å². The summed E-state index contributed by atoms with van der Waals surface area (Å²) in [5, 5.41) is 31.7. The van der Waals surface area contributed by atoms with E-state index >= 15 is 0 Å². The van der Waals surface area contributed by atoms with Crippen LogP contribution in [0.5, 0.6) is 11.6 Å². The predicted octanol–water partition coefficient (Wildman–Crippen LogP) is 5.54. The highest BCUT2D eigenvalue weighted by Crippen LogP contribution is 2.39. The highest BCUT2D eigenvalue weighted by Gasteiger charge is 2.30. The van der Waals surface area contributed by atoms with Crippen LogP contribution in [0.2, 0.25) is 0 Å². The lowest BCUT2D eigenvalue weighted by atomic mass is 9.84. The van der Waals surface area contributed by atoms with E-state index in [-0.39, 0.29) is 30.4 Å². The van der Waals surface area contributed by atoms with Crippen molar-refractivity contribution in [2.75, 3.05) is 6.54 Å². The van der Waals surface area contributed by atoms with Crippen LogP contribution in [-0.2, 0) is 18.4 Å². The molecule has 1 aliphatic rings. The second-order valence-electron chi connectivity index (χ2n) is 10.6. The molecule has 0 fully saturated rings. The summed E-state index contributed by atoms with van der Waals surface area (Å²) in [5.41, 5.74) is 6.37. The maximum absolute atomic E-state index is 12.1. The molecule has 206 valence electrons. The summed E-state index contributed by atoms with van der Waals surface area (Å²) in [6, 6.07) is 13.6. The number of aromatic hydroxyl groups is 1. The minimum absolute atomic E-state index is 0.0293. The topological polar surface area (TPSA) is 114 Å². The van der Waals surface area contributed by atoms with E-state index in [0.717, 1.165) is 38.7 Å². The van der Waals surface area contributed by atoms with Crippen LogP contribution < -0.4 is 4.74 Å². The molecular formula is C30H31N5O4S. The summed E-state index contributed by atoms with van der Waals surface area (Å²) in [4.78, 5) is 18.8. The van der Waals surface area contributed by atoms with E-state index in [1.54, 1.807) is 28.2 Å². The van der Waals surface area contributed by atoms with Gasteiger partial charge >= 0.3 is 5.97 Å². The minimum Gasteiger partial charge on any atom is -0.493 e. The molecular weight excluding hydrogens is 526 g/mol. The van der Waals surface area contributed by atoms with E-state index in [1.165, 1.54) is 4.70 Å². The Bertz CT molecular complexity index is 1750. The molecule has 0 saturated carbocycles. The van der Waals surface area contributed by atoms with Crippen LogP contribution in [0.1, 0.15) is 60.2 Å². The van der Waals surface area contributed by atoms with Crippen LogP contribution >= 0.6 is 11.3 Å². The number of aliphatic carboxylic acids is 1. The number of hydrogen-bond acceptors (Lipinski definition) is 8. The smallest absolute Gasteiger partial charge is 0.304 e. The summed E-state index contributed by atoms with van der Waals surface area (Å²) in [6.45, 7) is 7.40. The summed E-state index contributed by atoms with van der Waals surface area (Å²) >= 11 is 1.68. The summed E-state index contributed by atoms with van der Waals surface area (Å²) in [5.74, 6) is -0.551. The molecule has 4 heterocycles. The molecule has 0 unspecified atom stereocenters. The highest BCUT2D eigenvalue weighted by molar-refractivity contribution is 7.17. The van der Waals surface area contributed by atoms with E-state index in [9.17, 15) is 15.0 Å². The molecule has 0 radical (unpaired) electrons. The fourth-order valence-electron chi connectivity index (χ4n) is 5.89. The van der Waals surface area contributed by atoms with Crippen molar-refractivity contribution in [1.82, 2.24) is 24.9 Å². The number of aryl methyl sites for hydroxylation is 2. The predicted molar refractivity (Wildman–Crippen MR) is 154 cm³/mol. The lowest BCUT2D eigenvalue weighted by Gasteiger charge is -2.28. The van der Waals surface area contributed by atoms with Crippen LogP contribution in [0, 0.1) is 6.92 Å². The Balaban J connectivity index is 1.44. The molecule has 2 N–H and O–H groups in total. The van der Waals surface area contributed by atoms with Crippen molar-refractivity contribution in [3.8, 4) is 11.6 Å². The van der Waals surface area contributed by atoms with Gasteiger partial charge in [-0.15, -0.1) is 16.4 Å². The molecule has 2 aromatic carbocycles. The summed E-state index contributed by atoms with van der Waals surface area (Å²) in [6.07, 6.45) is -0.110. The Hall–Kier alpha value is -4.02. The van der Waals surface area contributed by atoms with Crippen molar-refractivity contribution >= 4 is 38.4 Å². The Morgan fingerprint density at radius 2 is 2.02 bits per heavy atom. The molecule has 0 bridgehead atoms. The van der Waals surface area contributed by atoms with Gasteiger partial charge in [-0.05, 0) is 78.1 Å². The van der Waals surface area contributed by atoms with Crippen LogP contribution in [0.3, 0.4) is 0 Å². The van der Waals surface area contributed by atoms with E-state index < -0.39 is 5.97 Å². The van der Waals surface area contributed by atoms with Crippen LogP contribution in [0.25, 0.3) is 21.1 Å². The van der Waals surface area contributed by atoms with Crippen molar-refractivity contribution in [1.29, 1.82) is 0 Å². The second kappa shape index (κ2) is 10.2. The molecule has 0 saturated heterocycles. The number of fused-ring (bicyclic) bond motifs is 3. The first kappa shape index (κ1) is 26.2. The Morgan fingerprint density at radius 1 is 1.20 bits per heavy atom. The lowest BCUT2D eigenvalue weighted by molar-refractivity contribution is -0.137. The largest absolute Gasteiger partial charge is 0.493 e. The number of carboxylic acid groups (broad SMARTS) is 1. The molecule has 0 aliphatic carbocycles. The number of carboxylic acids is 1. The number of rotatable bonds is 6. The lowest BCUT2D eigenvalue weighted by Crippen LogP contribution is -2.33. The minimum atomic E-state index is -0.856. The number of nitrogens with zero attached hydrogens (tertiary/aromatic N) is 5. The van der Waals surface area contributed by atoms with Gasteiger partial charge in [-0.3, -0.25) is 9.69 Å². The number of aromatic nitrogens is 4. The number of hydrogen-bond donors (Lipinski definition) is 2. The SMILES string of the molecule is Cc1c([C@@H](CC(=O)O)c2cc(CN3C[C@@H](C)Oc4ccc(O)nc4[C@@H]3C)c3sccc3c2)ccc2c1nnn2C. The fourth-order valence-corrected chi connectivity index (χ4v) is 6.78. The molecule has 1 aliphatic heterocycles. The second-order valence-corrected chi connectivity index (χ2v) is 11.5. The number of pyridine rings is 1. The fraction of sp³-hybridized carbons (Fsp3) is 0.333. The van der Waals surface area contributed by atoms with Gasteiger partial charge in [0.1, 0.15) is 23.1 Å². The molecule has 40 heavy (non-hydrogen) atoms. The van der Waals surface area contributed by atoms with Crippen molar-refractivity contribution in [3.63, 3.8) is 0 Å². The summed E-state index contributed by atoms with van der Waals surface area (Å²) < 4.78 is 9.05. The average molecular weight is 558 g/mol. The number of ether oxygens (including phenoxy) is 1. The van der Waals surface area contributed by atoms with Gasteiger partial charge in [-0.2, -0.15) is 0 Å². The summed E-state index contributed by atoms with van der Waals surface area (Å²) in [7, 11) is 1.85. The Morgan fingerprint density at radius 3 is 2.83 bits per heavy atom. The van der Waals surface area contributed by atoms with Crippen LogP contribution in [0.15, 0.2) is 47.8 Å². The molecule has 5 aromatic rings. The van der Waals surface area contributed by atoms with Crippen molar-refractivity contribution < 1.29 is 19.7 Å². The van der Waals surface area contributed by atoms with Gasteiger partial charge in [0.05, 0.1) is 18.0 Å². The molecule has 6 rings (SSSR count). The normalized spacial score (nSPS) is 18.4. The highest BCUT2D eigenvalue weighted by atomic mass is 32.1. The third-order valence-corrected chi connectivity index (χ3v) is 8.90. The zero-order chi connectivity index (χ0) is 28.1. The van der Waals surface area contributed by atoms with Crippen molar-refractivity contribution in [2.24, 2.45) is 7.05 Å². The van der Waals surface area contributed by atoms with Gasteiger partial charge < -0.3 is 14.9 Å².